The Bertz CT molecular complexity index is 580. The average Bonchev–Trinajstić information content (AvgIpc) is 2.86. The fourth-order valence-electron chi connectivity index (χ4n) is 2.19. The number of hydrogen-bond donors (Lipinski definition) is 1. The van der Waals surface area contributed by atoms with Crippen molar-refractivity contribution in [3.05, 3.63) is 71.0 Å². The number of hydroxylamine groups is 1. The number of allylic oxidation sites excluding steroid dienone is 9. The van der Waals surface area contributed by atoms with Crippen LogP contribution in [0.5, 0.6) is 0 Å². The predicted molar refractivity (Wildman–Crippen MR) is 96.0 cm³/mol. The molecule has 0 spiro atoms. The van der Waals surface area contributed by atoms with Crippen LogP contribution in [-0.4, -0.2) is 6.21 Å². The molecule has 0 aromatic rings. The highest BCUT2D eigenvalue weighted by Crippen LogP contribution is 2.28. The summed E-state index contributed by atoms with van der Waals surface area (Å²) in [5.41, 5.74) is 5.16. The van der Waals surface area contributed by atoms with E-state index >= 15 is 0 Å². The van der Waals surface area contributed by atoms with Crippen LogP contribution in [-0.2, 0) is 4.28 Å². The molecule has 2 aliphatic carbocycles. The Morgan fingerprint density at radius 1 is 1.18 bits per heavy atom. The van der Waals surface area contributed by atoms with E-state index in [0.29, 0.717) is 5.92 Å². The van der Waals surface area contributed by atoms with Crippen molar-refractivity contribution in [1.29, 1.82) is 0 Å². The van der Waals surface area contributed by atoms with Gasteiger partial charge in [-0.05, 0) is 30.6 Å². The summed E-state index contributed by atoms with van der Waals surface area (Å²) in [6.07, 6.45) is 22.5. The van der Waals surface area contributed by atoms with Crippen molar-refractivity contribution >= 4 is 18.3 Å². The standard InChI is InChI=1S/C16H16N2OS.C2H6/c1-2-4-9-14(8-3-1)20-19-18-16-12-17-11-13-7-5-6-10-15(13)16;1-2/h1,3-6,8-13,18H,2,7H2;1-2H3. The minimum atomic E-state index is 0.362. The monoisotopic (exact) mass is 314 g/mol. The third kappa shape index (κ3) is 4.61. The normalized spacial score (nSPS) is 21.7. The first-order valence-electron chi connectivity index (χ1n) is 7.67. The molecule has 1 heterocycles. The summed E-state index contributed by atoms with van der Waals surface area (Å²) >= 11 is 1.32. The topological polar surface area (TPSA) is 33.6 Å². The van der Waals surface area contributed by atoms with Gasteiger partial charge in [-0.3, -0.25) is 10.5 Å². The summed E-state index contributed by atoms with van der Waals surface area (Å²) in [5.74, 6) is 0.362. The molecule has 1 unspecified atom stereocenters. The van der Waals surface area contributed by atoms with Crippen molar-refractivity contribution in [2.75, 3.05) is 0 Å². The molecule has 0 aromatic heterocycles. The van der Waals surface area contributed by atoms with Crippen LogP contribution >= 0.6 is 12.0 Å². The second kappa shape index (κ2) is 9.28. The van der Waals surface area contributed by atoms with Crippen LogP contribution in [0.25, 0.3) is 0 Å². The first kappa shape index (κ1) is 16.6. The smallest absolute Gasteiger partial charge is 0.0837 e. The van der Waals surface area contributed by atoms with Gasteiger partial charge in [-0.15, -0.1) is 0 Å². The number of rotatable bonds is 4. The molecule has 22 heavy (non-hydrogen) atoms. The quantitative estimate of drug-likeness (QED) is 0.585. The zero-order valence-corrected chi connectivity index (χ0v) is 13.8. The fraction of sp³-hybridized carbons (Fsp3) is 0.278. The lowest BCUT2D eigenvalue weighted by Crippen LogP contribution is -2.21. The summed E-state index contributed by atoms with van der Waals surface area (Å²) in [6, 6.07) is 0. The lowest BCUT2D eigenvalue weighted by molar-refractivity contribution is 0.280. The van der Waals surface area contributed by atoms with Crippen LogP contribution in [0.4, 0.5) is 0 Å². The fourth-order valence-corrected chi connectivity index (χ4v) is 2.70. The van der Waals surface area contributed by atoms with Crippen molar-refractivity contribution < 1.29 is 4.28 Å². The zero-order chi connectivity index (χ0) is 15.6. The van der Waals surface area contributed by atoms with Gasteiger partial charge in [0, 0.05) is 17.0 Å². The molecule has 0 aromatic carbocycles. The first-order valence-corrected chi connectivity index (χ1v) is 8.41. The number of nitrogens with zero attached hydrogens (tertiary/aromatic N) is 1. The largest absolute Gasteiger partial charge is 0.266 e. The van der Waals surface area contributed by atoms with E-state index < -0.39 is 0 Å². The molecule has 4 heteroatoms. The predicted octanol–water partition coefficient (Wildman–Crippen LogP) is 5.01. The molecule has 3 rings (SSSR count). The van der Waals surface area contributed by atoms with Gasteiger partial charge in [0.2, 0.25) is 0 Å². The second-order valence-electron chi connectivity index (χ2n) is 4.64. The van der Waals surface area contributed by atoms with Gasteiger partial charge in [0.1, 0.15) is 0 Å². The van der Waals surface area contributed by atoms with Crippen molar-refractivity contribution in [3.8, 4) is 0 Å². The number of fused-ring (bicyclic) bond motifs is 1. The molecule has 1 N–H and O–H groups in total. The molecule has 3 aliphatic rings. The number of aliphatic imine (C=N–C) groups is 1. The molecule has 1 atom stereocenters. The van der Waals surface area contributed by atoms with Gasteiger partial charge < -0.3 is 0 Å². The van der Waals surface area contributed by atoms with Crippen LogP contribution < -0.4 is 5.48 Å². The van der Waals surface area contributed by atoms with E-state index in [1.807, 2.05) is 32.2 Å². The summed E-state index contributed by atoms with van der Waals surface area (Å²) in [4.78, 5) is 5.34. The van der Waals surface area contributed by atoms with Gasteiger partial charge in [0.25, 0.3) is 0 Å². The molecular weight excluding hydrogens is 292 g/mol. The molecule has 0 saturated heterocycles. The molecule has 0 radical (unpaired) electrons. The summed E-state index contributed by atoms with van der Waals surface area (Å²) in [6.45, 7) is 4.00. The highest BCUT2D eigenvalue weighted by molar-refractivity contribution is 7.98. The molecule has 0 saturated carbocycles. The van der Waals surface area contributed by atoms with Crippen LogP contribution in [0.2, 0.25) is 0 Å². The molecule has 116 valence electrons. The van der Waals surface area contributed by atoms with Crippen LogP contribution in [0.15, 0.2) is 76.0 Å². The van der Waals surface area contributed by atoms with Gasteiger partial charge in [-0.2, -0.15) is 4.28 Å². The van der Waals surface area contributed by atoms with E-state index in [4.69, 9.17) is 4.28 Å². The Labute approximate surface area is 137 Å². The highest BCUT2D eigenvalue weighted by Gasteiger charge is 2.20. The molecule has 0 amide bonds. The Morgan fingerprint density at radius 2 is 2.05 bits per heavy atom. The lowest BCUT2D eigenvalue weighted by Gasteiger charge is -2.23. The van der Waals surface area contributed by atoms with Gasteiger partial charge in [0.15, 0.2) is 0 Å². The highest BCUT2D eigenvalue weighted by atomic mass is 32.2. The van der Waals surface area contributed by atoms with Gasteiger partial charge in [0.05, 0.1) is 23.9 Å². The summed E-state index contributed by atoms with van der Waals surface area (Å²) in [7, 11) is 0. The maximum absolute atomic E-state index is 5.52. The lowest BCUT2D eigenvalue weighted by atomic mass is 9.89. The van der Waals surface area contributed by atoms with E-state index in [2.05, 4.69) is 46.9 Å². The Morgan fingerprint density at radius 3 is 2.95 bits per heavy atom. The molecular formula is C18H22N2OS. The maximum atomic E-state index is 5.52. The summed E-state index contributed by atoms with van der Waals surface area (Å²) < 4.78 is 5.52. The van der Waals surface area contributed by atoms with E-state index in [-0.39, 0.29) is 0 Å². The van der Waals surface area contributed by atoms with Crippen LogP contribution in [0.3, 0.4) is 0 Å². The average molecular weight is 314 g/mol. The van der Waals surface area contributed by atoms with Crippen molar-refractivity contribution in [2.45, 2.75) is 26.7 Å². The van der Waals surface area contributed by atoms with Crippen molar-refractivity contribution in [1.82, 2.24) is 5.48 Å². The third-order valence-electron chi connectivity index (χ3n) is 3.22. The van der Waals surface area contributed by atoms with E-state index in [0.717, 1.165) is 23.4 Å². The molecule has 0 bridgehead atoms. The molecule has 0 fully saturated rings. The zero-order valence-electron chi connectivity index (χ0n) is 13.0. The van der Waals surface area contributed by atoms with Gasteiger partial charge in [-0.1, -0.05) is 50.3 Å². The molecule has 1 aliphatic heterocycles. The van der Waals surface area contributed by atoms with E-state index in [1.54, 1.807) is 6.20 Å². The van der Waals surface area contributed by atoms with Crippen molar-refractivity contribution in [2.24, 2.45) is 10.9 Å². The van der Waals surface area contributed by atoms with Crippen LogP contribution in [0, 0.1) is 5.92 Å². The van der Waals surface area contributed by atoms with Crippen molar-refractivity contribution in [3.63, 3.8) is 0 Å². The number of hydrogen-bond acceptors (Lipinski definition) is 4. The van der Waals surface area contributed by atoms with Gasteiger partial charge in [-0.25, -0.2) is 0 Å². The Kier molecular flexibility index (Phi) is 7.00. The Balaban J connectivity index is 0.000000847. The van der Waals surface area contributed by atoms with Gasteiger partial charge >= 0.3 is 0 Å². The summed E-state index contributed by atoms with van der Waals surface area (Å²) in [5, 5.41) is 0. The first-order chi connectivity index (χ1) is 10.9. The van der Waals surface area contributed by atoms with E-state index in [9.17, 15) is 0 Å². The van der Waals surface area contributed by atoms with E-state index in [1.165, 1.54) is 17.6 Å². The second-order valence-corrected chi connectivity index (χ2v) is 5.44. The Hall–Kier alpha value is -1.78. The minimum absolute atomic E-state index is 0.362. The van der Waals surface area contributed by atoms with Crippen LogP contribution in [0.1, 0.15) is 26.7 Å². The SMILES string of the molecule is C1=CCC=CC(SONC2=CN=CC3CC=CC=C23)=C1.CC. The molecule has 3 nitrogen and oxygen atoms in total. The minimum Gasteiger partial charge on any atom is -0.266 e. The number of nitrogens with one attached hydrogen (secondary N) is 1. The maximum Gasteiger partial charge on any atom is 0.0837 e. The third-order valence-corrected chi connectivity index (χ3v) is 3.85.